The zero-order valence-electron chi connectivity index (χ0n) is 6.62. The van der Waals surface area contributed by atoms with E-state index < -0.39 is 0 Å². The molecule has 2 rings (SSSR count). The Morgan fingerprint density at radius 2 is 2.25 bits per heavy atom. The van der Waals surface area contributed by atoms with Gasteiger partial charge in [-0.25, -0.2) is 4.98 Å². The fourth-order valence-corrected chi connectivity index (χ4v) is 1.27. The molecule has 1 aliphatic rings. The maximum atomic E-state index is 8.87. The summed E-state index contributed by atoms with van der Waals surface area (Å²) >= 11 is 0. The number of nitrogens with two attached hydrogens (primary N) is 1. The normalized spacial score (nSPS) is 18.2. The van der Waals surface area contributed by atoms with Crippen LogP contribution in [0, 0.1) is 11.3 Å². The summed E-state index contributed by atoms with van der Waals surface area (Å²) in [6.07, 6.45) is 1.83. The molecule has 1 aromatic rings. The van der Waals surface area contributed by atoms with Crippen LogP contribution in [0.1, 0.15) is 18.5 Å². The van der Waals surface area contributed by atoms with Crippen molar-refractivity contribution >= 4 is 5.82 Å². The summed E-state index contributed by atoms with van der Waals surface area (Å²) in [5.41, 5.74) is 6.03. The van der Waals surface area contributed by atoms with Crippen molar-refractivity contribution in [1.82, 2.24) is 4.98 Å². The minimum atomic E-state index is -0.310. The van der Waals surface area contributed by atoms with Gasteiger partial charge in [-0.1, -0.05) is 6.07 Å². The summed E-state index contributed by atoms with van der Waals surface area (Å²) < 4.78 is 0. The molecule has 0 atom stereocenters. The fourth-order valence-electron chi connectivity index (χ4n) is 1.27. The quantitative estimate of drug-likeness (QED) is 0.670. The molecule has 60 valence electrons. The van der Waals surface area contributed by atoms with Gasteiger partial charge >= 0.3 is 0 Å². The smallest absolute Gasteiger partial charge is 0.123 e. The summed E-state index contributed by atoms with van der Waals surface area (Å²) in [6, 6.07) is 7.72. The van der Waals surface area contributed by atoms with Crippen LogP contribution in [0.25, 0.3) is 0 Å². The van der Waals surface area contributed by atoms with Gasteiger partial charge in [0.2, 0.25) is 0 Å². The third-order valence-electron chi connectivity index (χ3n) is 2.22. The number of hydrogen-bond acceptors (Lipinski definition) is 3. The molecule has 1 aliphatic carbocycles. The van der Waals surface area contributed by atoms with Gasteiger partial charge in [0.15, 0.2) is 0 Å². The second kappa shape index (κ2) is 2.21. The van der Waals surface area contributed by atoms with Crippen molar-refractivity contribution in [3.05, 3.63) is 23.9 Å². The predicted octanol–water partition coefficient (Wildman–Crippen LogP) is 1.22. The number of aromatic nitrogens is 1. The molecule has 1 heterocycles. The lowest BCUT2D eigenvalue weighted by Gasteiger charge is -2.04. The first-order valence-corrected chi connectivity index (χ1v) is 3.91. The van der Waals surface area contributed by atoms with E-state index in [1.807, 2.05) is 12.1 Å². The lowest BCUT2D eigenvalue weighted by Crippen LogP contribution is -2.06. The van der Waals surface area contributed by atoms with Crippen molar-refractivity contribution in [3.63, 3.8) is 0 Å². The summed E-state index contributed by atoms with van der Waals surface area (Å²) in [4.78, 5) is 4.13. The molecule has 0 radical (unpaired) electrons. The third kappa shape index (κ3) is 0.928. The summed E-state index contributed by atoms with van der Waals surface area (Å²) in [6.45, 7) is 0. The molecule has 0 amide bonds. The number of nitrogens with zero attached hydrogens (tertiary/aromatic N) is 2. The van der Waals surface area contributed by atoms with E-state index in [1.54, 1.807) is 6.07 Å². The molecule has 0 aromatic carbocycles. The molecule has 1 saturated carbocycles. The van der Waals surface area contributed by atoms with Crippen LogP contribution in [0.3, 0.4) is 0 Å². The van der Waals surface area contributed by atoms with E-state index in [9.17, 15) is 0 Å². The Hall–Kier alpha value is -1.56. The van der Waals surface area contributed by atoms with E-state index in [4.69, 9.17) is 11.0 Å². The Balaban J connectivity index is 2.42. The number of anilines is 1. The van der Waals surface area contributed by atoms with E-state index in [0.29, 0.717) is 5.82 Å². The zero-order chi connectivity index (χ0) is 8.60. The SMILES string of the molecule is N#CC1(c2cccc(N)n2)CC1. The summed E-state index contributed by atoms with van der Waals surface area (Å²) in [7, 11) is 0. The lowest BCUT2D eigenvalue weighted by atomic mass is 10.0. The molecule has 0 aliphatic heterocycles. The van der Waals surface area contributed by atoms with Crippen molar-refractivity contribution in [1.29, 1.82) is 5.26 Å². The largest absolute Gasteiger partial charge is 0.384 e. The number of nitriles is 1. The van der Waals surface area contributed by atoms with Gasteiger partial charge < -0.3 is 5.73 Å². The molecule has 0 bridgehead atoms. The Labute approximate surface area is 70.8 Å². The van der Waals surface area contributed by atoms with E-state index in [0.717, 1.165) is 18.5 Å². The van der Waals surface area contributed by atoms with Gasteiger partial charge in [-0.2, -0.15) is 5.26 Å². The Morgan fingerprint density at radius 3 is 2.75 bits per heavy atom. The highest BCUT2D eigenvalue weighted by molar-refractivity contribution is 5.39. The number of pyridine rings is 1. The molecule has 0 saturated heterocycles. The lowest BCUT2D eigenvalue weighted by molar-refractivity contribution is 0.857. The van der Waals surface area contributed by atoms with Crippen LogP contribution in [-0.2, 0) is 5.41 Å². The van der Waals surface area contributed by atoms with Crippen LogP contribution in [0.4, 0.5) is 5.82 Å². The maximum absolute atomic E-state index is 8.87. The monoisotopic (exact) mass is 159 g/mol. The van der Waals surface area contributed by atoms with E-state index >= 15 is 0 Å². The first-order chi connectivity index (χ1) is 5.77. The van der Waals surface area contributed by atoms with E-state index in [2.05, 4.69) is 11.1 Å². The van der Waals surface area contributed by atoms with Crippen LogP contribution in [-0.4, -0.2) is 4.98 Å². The van der Waals surface area contributed by atoms with Gasteiger partial charge in [-0.3, -0.25) is 0 Å². The predicted molar refractivity (Wildman–Crippen MR) is 45.2 cm³/mol. The Bertz CT molecular complexity index is 347. The van der Waals surface area contributed by atoms with Crippen LogP contribution in [0.5, 0.6) is 0 Å². The van der Waals surface area contributed by atoms with Crippen molar-refractivity contribution in [2.75, 3.05) is 5.73 Å². The highest BCUT2D eigenvalue weighted by atomic mass is 14.9. The molecule has 0 unspecified atom stereocenters. The van der Waals surface area contributed by atoms with Gasteiger partial charge in [0, 0.05) is 0 Å². The van der Waals surface area contributed by atoms with Crippen LogP contribution in [0.15, 0.2) is 18.2 Å². The van der Waals surface area contributed by atoms with Gasteiger partial charge in [0.05, 0.1) is 17.2 Å². The van der Waals surface area contributed by atoms with Gasteiger partial charge in [-0.15, -0.1) is 0 Å². The Kier molecular flexibility index (Phi) is 1.31. The summed E-state index contributed by atoms with van der Waals surface area (Å²) in [5, 5.41) is 8.87. The maximum Gasteiger partial charge on any atom is 0.123 e. The van der Waals surface area contributed by atoms with E-state index in [-0.39, 0.29) is 5.41 Å². The molecular formula is C9H9N3. The first-order valence-electron chi connectivity index (χ1n) is 3.91. The van der Waals surface area contributed by atoms with Crippen molar-refractivity contribution in [3.8, 4) is 6.07 Å². The topological polar surface area (TPSA) is 62.7 Å². The minimum absolute atomic E-state index is 0.310. The first kappa shape index (κ1) is 7.11. The second-order valence-corrected chi connectivity index (χ2v) is 3.14. The van der Waals surface area contributed by atoms with Crippen LogP contribution in [0.2, 0.25) is 0 Å². The van der Waals surface area contributed by atoms with Gasteiger partial charge in [0.25, 0.3) is 0 Å². The van der Waals surface area contributed by atoms with Gasteiger partial charge in [0.1, 0.15) is 5.82 Å². The van der Waals surface area contributed by atoms with Gasteiger partial charge in [-0.05, 0) is 25.0 Å². The molecule has 1 fully saturated rings. The minimum Gasteiger partial charge on any atom is -0.384 e. The highest BCUT2D eigenvalue weighted by Gasteiger charge is 2.46. The van der Waals surface area contributed by atoms with Crippen molar-refractivity contribution < 1.29 is 0 Å². The summed E-state index contributed by atoms with van der Waals surface area (Å²) in [5.74, 6) is 0.494. The standard InChI is InChI=1S/C9H9N3/c10-6-9(4-5-9)7-2-1-3-8(11)12-7/h1-3H,4-5H2,(H2,11,12). The number of nitrogen functional groups attached to an aromatic ring is 1. The third-order valence-corrected chi connectivity index (χ3v) is 2.22. The zero-order valence-corrected chi connectivity index (χ0v) is 6.62. The highest BCUT2D eigenvalue weighted by Crippen LogP contribution is 2.46. The average molecular weight is 159 g/mol. The number of hydrogen-bond donors (Lipinski definition) is 1. The number of rotatable bonds is 1. The molecule has 12 heavy (non-hydrogen) atoms. The molecule has 2 N–H and O–H groups in total. The fraction of sp³-hybridized carbons (Fsp3) is 0.333. The van der Waals surface area contributed by atoms with Crippen molar-refractivity contribution in [2.24, 2.45) is 0 Å². The molecule has 3 nitrogen and oxygen atoms in total. The Morgan fingerprint density at radius 1 is 1.50 bits per heavy atom. The molecular weight excluding hydrogens is 150 g/mol. The van der Waals surface area contributed by atoms with Crippen LogP contribution < -0.4 is 5.73 Å². The van der Waals surface area contributed by atoms with E-state index in [1.165, 1.54) is 0 Å². The molecule has 3 heteroatoms. The molecule has 0 spiro atoms. The molecule has 1 aromatic heterocycles. The second-order valence-electron chi connectivity index (χ2n) is 3.14. The van der Waals surface area contributed by atoms with Crippen LogP contribution >= 0.6 is 0 Å². The average Bonchev–Trinajstić information content (AvgIpc) is 2.84. The van der Waals surface area contributed by atoms with Crippen molar-refractivity contribution in [2.45, 2.75) is 18.3 Å².